The molecule has 0 unspecified atom stereocenters. The van der Waals surface area contributed by atoms with Crippen molar-refractivity contribution in [1.82, 2.24) is 15.1 Å². The summed E-state index contributed by atoms with van der Waals surface area (Å²) >= 11 is 0. The Morgan fingerprint density at radius 1 is 1.03 bits per heavy atom. The first kappa shape index (κ1) is 18.8. The molecule has 1 aromatic heterocycles. The van der Waals surface area contributed by atoms with E-state index >= 15 is 0 Å². The summed E-state index contributed by atoms with van der Waals surface area (Å²) in [6.07, 6.45) is 2.18. The number of hydrogen-bond acceptors (Lipinski definition) is 4. The zero-order valence-corrected chi connectivity index (χ0v) is 16.2. The van der Waals surface area contributed by atoms with Crippen LogP contribution in [0.4, 0.5) is 5.69 Å². The van der Waals surface area contributed by atoms with Crippen molar-refractivity contribution < 1.29 is 9.59 Å². The summed E-state index contributed by atoms with van der Waals surface area (Å²) in [5, 5.41) is 7.75. The number of aryl methyl sites for hydroxylation is 1. The molecule has 0 aliphatic carbocycles. The van der Waals surface area contributed by atoms with Crippen LogP contribution in [0.15, 0.2) is 72.9 Å². The van der Waals surface area contributed by atoms with E-state index in [0.717, 1.165) is 16.8 Å². The van der Waals surface area contributed by atoms with Gasteiger partial charge in [0.25, 0.3) is 5.91 Å². The fourth-order valence-electron chi connectivity index (χ4n) is 3.61. The Kier molecular flexibility index (Phi) is 5.33. The maximum atomic E-state index is 13.1. The minimum atomic E-state index is -0.268. The van der Waals surface area contributed by atoms with E-state index < -0.39 is 0 Å². The largest absolute Gasteiger partial charge is 0.323 e. The molecule has 0 spiro atoms. The van der Waals surface area contributed by atoms with Gasteiger partial charge < -0.3 is 9.80 Å². The number of carbonyl (C=O) groups excluding carboxylic acids is 2. The number of amides is 2. The Labute approximate surface area is 169 Å². The number of piperazine rings is 1. The molecule has 0 saturated carbocycles. The summed E-state index contributed by atoms with van der Waals surface area (Å²) in [6.45, 7) is 2.46. The lowest BCUT2D eigenvalue weighted by Crippen LogP contribution is -2.59. The Morgan fingerprint density at radius 3 is 2.48 bits per heavy atom. The normalized spacial score (nSPS) is 16.7. The van der Waals surface area contributed by atoms with Crippen molar-refractivity contribution in [2.75, 3.05) is 18.0 Å². The van der Waals surface area contributed by atoms with Gasteiger partial charge in [-0.1, -0.05) is 48.0 Å². The van der Waals surface area contributed by atoms with Crippen LogP contribution in [0.3, 0.4) is 0 Å². The number of rotatable bonds is 4. The van der Waals surface area contributed by atoms with E-state index in [9.17, 15) is 9.59 Å². The predicted molar refractivity (Wildman–Crippen MR) is 111 cm³/mol. The molecular formula is C23H22N4O2. The van der Waals surface area contributed by atoms with Crippen LogP contribution in [0.5, 0.6) is 0 Å². The molecule has 1 atom stereocenters. The van der Waals surface area contributed by atoms with Crippen LogP contribution in [0, 0.1) is 6.92 Å². The van der Waals surface area contributed by atoms with Crippen LogP contribution < -0.4 is 4.90 Å². The Bertz CT molecular complexity index is 990. The summed E-state index contributed by atoms with van der Waals surface area (Å²) in [7, 11) is 0. The second kappa shape index (κ2) is 8.22. The summed E-state index contributed by atoms with van der Waals surface area (Å²) in [6, 6.07) is 21.0. The van der Waals surface area contributed by atoms with Gasteiger partial charge in [-0.2, -0.15) is 5.10 Å². The molecular weight excluding hydrogens is 364 g/mol. The highest BCUT2D eigenvalue weighted by atomic mass is 16.2. The first-order chi connectivity index (χ1) is 14.1. The van der Waals surface area contributed by atoms with Gasteiger partial charge >= 0.3 is 0 Å². The lowest BCUT2D eigenvalue weighted by atomic mass is 10.0. The van der Waals surface area contributed by atoms with E-state index in [4.69, 9.17) is 0 Å². The quantitative estimate of drug-likeness (QED) is 0.692. The van der Waals surface area contributed by atoms with Crippen LogP contribution in [-0.4, -0.2) is 46.0 Å². The molecule has 1 fully saturated rings. The van der Waals surface area contributed by atoms with Crippen molar-refractivity contribution in [1.29, 1.82) is 0 Å². The summed E-state index contributed by atoms with van der Waals surface area (Å²) in [4.78, 5) is 29.4. The maximum Gasteiger partial charge on any atom is 0.275 e. The van der Waals surface area contributed by atoms with Crippen LogP contribution in [-0.2, 0) is 11.2 Å². The molecule has 2 amide bonds. The molecule has 0 radical (unpaired) electrons. The average molecular weight is 386 g/mol. The van der Waals surface area contributed by atoms with Crippen molar-refractivity contribution in [2.45, 2.75) is 19.4 Å². The smallest absolute Gasteiger partial charge is 0.275 e. The SMILES string of the molecule is Cc1ccc(N2C[C@H](Cc3ccccc3)N(C(=O)c3cccnn3)CC2=O)cc1. The van der Waals surface area contributed by atoms with Crippen molar-refractivity contribution in [3.05, 3.63) is 89.7 Å². The van der Waals surface area contributed by atoms with Crippen molar-refractivity contribution in [2.24, 2.45) is 0 Å². The number of hydrogen-bond donors (Lipinski definition) is 0. The standard InChI is InChI=1S/C23H22N4O2/c1-17-9-11-19(12-10-17)26-15-20(14-18-6-3-2-4-7-18)27(16-22(26)28)23(29)21-8-5-13-24-25-21/h2-13,20H,14-16H2,1H3/t20-/m0/s1. The van der Waals surface area contributed by atoms with Gasteiger partial charge in [0, 0.05) is 18.4 Å². The maximum absolute atomic E-state index is 13.1. The molecule has 2 aromatic carbocycles. The molecule has 0 bridgehead atoms. The molecule has 0 N–H and O–H groups in total. The number of anilines is 1. The Hall–Kier alpha value is -3.54. The second-order valence-corrected chi connectivity index (χ2v) is 7.23. The first-order valence-electron chi connectivity index (χ1n) is 9.61. The summed E-state index contributed by atoms with van der Waals surface area (Å²) < 4.78 is 0. The summed E-state index contributed by atoms with van der Waals surface area (Å²) in [5.41, 5.74) is 3.36. The fraction of sp³-hybridized carbons (Fsp3) is 0.217. The third kappa shape index (κ3) is 4.16. The van der Waals surface area contributed by atoms with Crippen molar-refractivity contribution in [3.8, 4) is 0 Å². The third-order valence-electron chi connectivity index (χ3n) is 5.15. The average Bonchev–Trinajstić information content (AvgIpc) is 2.76. The van der Waals surface area contributed by atoms with Crippen LogP contribution in [0.25, 0.3) is 0 Å². The van der Waals surface area contributed by atoms with Gasteiger partial charge in [0.15, 0.2) is 5.69 Å². The minimum absolute atomic E-state index is 0.0147. The van der Waals surface area contributed by atoms with Gasteiger partial charge in [-0.15, -0.1) is 5.10 Å². The zero-order valence-electron chi connectivity index (χ0n) is 16.2. The Morgan fingerprint density at radius 2 is 1.79 bits per heavy atom. The monoisotopic (exact) mass is 386 g/mol. The molecule has 6 heteroatoms. The van der Waals surface area contributed by atoms with E-state index in [1.54, 1.807) is 21.9 Å². The minimum Gasteiger partial charge on any atom is -0.323 e. The number of carbonyl (C=O) groups is 2. The second-order valence-electron chi connectivity index (χ2n) is 7.23. The molecule has 1 aliphatic heterocycles. The fourth-order valence-corrected chi connectivity index (χ4v) is 3.61. The van der Waals surface area contributed by atoms with E-state index in [-0.39, 0.29) is 30.1 Å². The van der Waals surface area contributed by atoms with Gasteiger partial charge in [0.05, 0.1) is 6.04 Å². The van der Waals surface area contributed by atoms with E-state index in [0.29, 0.717) is 13.0 Å². The van der Waals surface area contributed by atoms with Crippen molar-refractivity contribution >= 4 is 17.5 Å². The topological polar surface area (TPSA) is 66.4 Å². The number of benzene rings is 2. The van der Waals surface area contributed by atoms with E-state index in [1.807, 2.05) is 61.5 Å². The highest BCUT2D eigenvalue weighted by Crippen LogP contribution is 2.24. The predicted octanol–water partition coefficient (Wildman–Crippen LogP) is 2.89. The molecule has 29 heavy (non-hydrogen) atoms. The summed E-state index contributed by atoms with van der Waals surface area (Å²) in [5.74, 6) is -0.369. The van der Waals surface area contributed by atoms with Gasteiger partial charge in [-0.3, -0.25) is 9.59 Å². The lowest BCUT2D eigenvalue weighted by Gasteiger charge is -2.41. The molecule has 4 rings (SSSR count). The van der Waals surface area contributed by atoms with Crippen molar-refractivity contribution in [3.63, 3.8) is 0 Å². The number of nitrogens with zero attached hydrogens (tertiary/aromatic N) is 4. The highest BCUT2D eigenvalue weighted by molar-refractivity contribution is 6.01. The third-order valence-corrected chi connectivity index (χ3v) is 5.15. The van der Waals surface area contributed by atoms with Gasteiger partial charge in [-0.25, -0.2) is 0 Å². The van der Waals surface area contributed by atoms with Crippen LogP contribution in [0.2, 0.25) is 0 Å². The molecule has 1 saturated heterocycles. The molecule has 1 aliphatic rings. The first-order valence-corrected chi connectivity index (χ1v) is 9.61. The lowest BCUT2D eigenvalue weighted by molar-refractivity contribution is -0.121. The van der Waals surface area contributed by atoms with E-state index in [2.05, 4.69) is 10.2 Å². The zero-order chi connectivity index (χ0) is 20.2. The van der Waals surface area contributed by atoms with E-state index in [1.165, 1.54) is 6.20 Å². The molecule has 3 aromatic rings. The molecule has 6 nitrogen and oxygen atoms in total. The number of aromatic nitrogens is 2. The molecule has 2 heterocycles. The van der Waals surface area contributed by atoms with Gasteiger partial charge in [0.2, 0.25) is 5.91 Å². The molecule has 146 valence electrons. The van der Waals surface area contributed by atoms with Crippen LogP contribution in [0.1, 0.15) is 21.6 Å². The van der Waals surface area contributed by atoms with Gasteiger partial charge in [0.1, 0.15) is 6.54 Å². The highest BCUT2D eigenvalue weighted by Gasteiger charge is 2.36. The Balaban J connectivity index is 1.64. The van der Waals surface area contributed by atoms with Crippen LogP contribution >= 0.6 is 0 Å². The van der Waals surface area contributed by atoms with Gasteiger partial charge in [-0.05, 0) is 43.2 Å².